The minimum Gasteiger partial charge on any atom is -0.321 e. The Morgan fingerprint density at radius 3 is 2.28 bits per heavy atom. The molecule has 0 saturated heterocycles. The van der Waals surface area contributed by atoms with Crippen molar-refractivity contribution in [3.05, 3.63) is 106 Å². The van der Waals surface area contributed by atoms with Crippen molar-refractivity contribution in [1.82, 2.24) is 9.78 Å². The van der Waals surface area contributed by atoms with Gasteiger partial charge in [0.25, 0.3) is 11.6 Å². The summed E-state index contributed by atoms with van der Waals surface area (Å²) >= 11 is 0. The van der Waals surface area contributed by atoms with Crippen LogP contribution in [0.3, 0.4) is 0 Å². The summed E-state index contributed by atoms with van der Waals surface area (Å²) < 4.78 is 14.8. The molecule has 0 radical (unpaired) electrons. The van der Waals surface area contributed by atoms with Crippen LogP contribution >= 0.6 is 0 Å². The second-order valence-electron chi connectivity index (χ2n) is 7.36. The van der Waals surface area contributed by atoms with Gasteiger partial charge < -0.3 is 5.32 Å². The van der Waals surface area contributed by atoms with Gasteiger partial charge in [0, 0.05) is 23.4 Å². The van der Waals surface area contributed by atoms with Crippen molar-refractivity contribution >= 4 is 17.3 Å². The molecular formula is C24H19FN4O3. The number of amides is 1. The summed E-state index contributed by atoms with van der Waals surface area (Å²) in [6, 6.07) is 18.7. The van der Waals surface area contributed by atoms with Crippen LogP contribution in [0.5, 0.6) is 0 Å². The van der Waals surface area contributed by atoms with Crippen molar-refractivity contribution in [3.63, 3.8) is 0 Å². The smallest absolute Gasteiger partial charge is 0.274 e. The number of non-ortho nitro benzene ring substituents is 1. The zero-order valence-electron chi connectivity index (χ0n) is 17.4. The van der Waals surface area contributed by atoms with Crippen molar-refractivity contribution < 1.29 is 14.1 Å². The van der Waals surface area contributed by atoms with E-state index in [0.29, 0.717) is 22.6 Å². The van der Waals surface area contributed by atoms with E-state index in [1.54, 1.807) is 18.2 Å². The predicted molar refractivity (Wildman–Crippen MR) is 119 cm³/mol. The number of benzene rings is 3. The molecule has 4 aromatic rings. The van der Waals surface area contributed by atoms with E-state index in [-0.39, 0.29) is 17.2 Å². The molecule has 0 spiro atoms. The maximum atomic E-state index is 13.3. The number of carbonyl (C=O) groups excluding carboxylic acids is 1. The third-order valence-electron chi connectivity index (χ3n) is 5.15. The third kappa shape index (κ3) is 4.24. The number of hydrogen-bond donors (Lipinski definition) is 1. The Hall–Kier alpha value is -4.33. The maximum absolute atomic E-state index is 13.3. The van der Waals surface area contributed by atoms with Crippen LogP contribution < -0.4 is 5.32 Å². The molecule has 0 aliphatic heterocycles. The first-order valence-corrected chi connectivity index (χ1v) is 9.81. The number of nitro benzene ring substituents is 1. The molecule has 7 nitrogen and oxygen atoms in total. The Balaban J connectivity index is 1.76. The summed E-state index contributed by atoms with van der Waals surface area (Å²) in [5, 5.41) is 18.4. The molecule has 0 saturated carbocycles. The molecule has 0 aliphatic rings. The number of hydrogen-bond acceptors (Lipinski definition) is 4. The van der Waals surface area contributed by atoms with Crippen LogP contribution in [0.2, 0.25) is 0 Å². The Morgan fingerprint density at radius 1 is 0.969 bits per heavy atom. The van der Waals surface area contributed by atoms with Gasteiger partial charge in [-0.25, -0.2) is 9.07 Å². The van der Waals surface area contributed by atoms with E-state index in [1.807, 2.05) is 32.0 Å². The van der Waals surface area contributed by atoms with Crippen molar-refractivity contribution in [2.45, 2.75) is 13.8 Å². The zero-order chi connectivity index (χ0) is 22.8. The maximum Gasteiger partial charge on any atom is 0.274 e. The zero-order valence-corrected chi connectivity index (χ0v) is 17.4. The molecule has 8 heteroatoms. The highest BCUT2D eigenvalue weighted by Gasteiger charge is 2.19. The van der Waals surface area contributed by atoms with Crippen molar-refractivity contribution in [3.8, 4) is 16.9 Å². The molecule has 1 amide bonds. The first-order valence-electron chi connectivity index (χ1n) is 9.81. The molecule has 1 heterocycles. The molecule has 1 N–H and O–H groups in total. The summed E-state index contributed by atoms with van der Waals surface area (Å²) in [7, 11) is 0. The first-order chi connectivity index (χ1) is 15.3. The van der Waals surface area contributed by atoms with Crippen LogP contribution in [-0.2, 0) is 0 Å². The monoisotopic (exact) mass is 430 g/mol. The lowest BCUT2D eigenvalue weighted by molar-refractivity contribution is -0.384. The van der Waals surface area contributed by atoms with E-state index in [0.717, 1.165) is 11.1 Å². The first kappa shape index (κ1) is 20.9. The molecule has 1 aromatic heterocycles. The summed E-state index contributed by atoms with van der Waals surface area (Å²) in [5.41, 5.74) is 4.53. The van der Waals surface area contributed by atoms with Crippen LogP contribution in [0.15, 0.2) is 72.8 Å². The largest absolute Gasteiger partial charge is 0.321 e. The number of rotatable bonds is 5. The molecule has 0 unspecified atom stereocenters. The standard InChI is InChI=1S/C24H19FN4O3/c1-15-3-8-19(13-16(15)2)26-24(30)23-14-22(17-4-6-18(25)7-5-17)27-28(23)20-9-11-21(12-10-20)29(31)32/h3-14H,1-2H3,(H,26,30). The lowest BCUT2D eigenvalue weighted by atomic mass is 10.1. The molecule has 0 aliphatic carbocycles. The van der Waals surface area contributed by atoms with Crippen molar-refractivity contribution in [2.24, 2.45) is 0 Å². The summed E-state index contributed by atoms with van der Waals surface area (Å²) in [6.45, 7) is 3.94. The van der Waals surface area contributed by atoms with E-state index < -0.39 is 10.8 Å². The molecule has 32 heavy (non-hydrogen) atoms. The van der Waals surface area contributed by atoms with E-state index in [4.69, 9.17) is 0 Å². The van der Waals surface area contributed by atoms with Crippen LogP contribution in [0.1, 0.15) is 21.6 Å². The van der Waals surface area contributed by atoms with Gasteiger partial charge in [0.2, 0.25) is 0 Å². The van der Waals surface area contributed by atoms with Crippen LogP contribution in [0, 0.1) is 29.8 Å². The van der Waals surface area contributed by atoms with Crippen LogP contribution in [0.4, 0.5) is 15.8 Å². The number of nitrogens with zero attached hydrogens (tertiary/aromatic N) is 3. The highest BCUT2D eigenvalue weighted by atomic mass is 19.1. The van der Waals surface area contributed by atoms with E-state index in [2.05, 4.69) is 10.4 Å². The number of anilines is 1. The van der Waals surface area contributed by atoms with Gasteiger partial charge in [0.05, 0.1) is 16.3 Å². The van der Waals surface area contributed by atoms with Gasteiger partial charge in [-0.3, -0.25) is 14.9 Å². The minimum absolute atomic E-state index is 0.0687. The molecule has 160 valence electrons. The normalized spacial score (nSPS) is 10.7. The van der Waals surface area contributed by atoms with E-state index in [1.165, 1.54) is 41.1 Å². The fourth-order valence-electron chi connectivity index (χ4n) is 3.23. The summed E-state index contributed by atoms with van der Waals surface area (Å²) in [5.74, 6) is -0.774. The minimum atomic E-state index is -0.496. The van der Waals surface area contributed by atoms with Gasteiger partial charge in [-0.05, 0) is 79.6 Å². The second kappa shape index (κ2) is 8.43. The Labute approximate surface area is 183 Å². The Bertz CT molecular complexity index is 1310. The SMILES string of the molecule is Cc1ccc(NC(=O)c2cc(-c3ccc(F)cc3)nn2-c2ccc([N+](=O)[O-])cc2)cc1C. The fourth-order valence-corrected chi connectivity index (χ4v) is 3.23. The highest BCUT2D eigenvalue weighted by molar-refractivity contribution is 6.04. The van der Waals surface area contributed by atoms with Crippen LogP contribution in [-0.4, -0.2) is 20.6 Å². The Kier molecular flexibility index (Phi) is 5.51. The van der Waals surface area contributed by atoms with Crippen molar-refractivity contribution in [2.75, 3.05) is 5.32 Å². The third-order valence-corrected chi connectivity index (χ3v) is 5.15. The fraction of sp³-hybridized carbons (Fsp3) is 0.0833. The average molecular weight is 430 g/mol. The van der Waals surface area contributed by atoms with Gasteiger partial charge in [0.1, 0.15) is 11.5 Å². The lowest BCUT2D eigenvalue weighted by Gasteiger charge is -2.10. The number of nitro groups is 1. The van der Waals surface area contributed by atoms with Gasteiger partial charge in [-0.2, -0.15) is 5.10 Å². The number of aromatic nitrogens is 2. The molecule has 3 aromatic carbocycles. The predicted octanol–water partition coefficient (Wildman–Crippen LogP) is 5.46. The molecular weight excluding hydrogens is 411 g/mol. The summed E-state index contributed by atoms with van der Waals surface area (Å²) in [6.07, 6.45) is 0. The van der Waals surface area contributed by atoms with E-state index in [9.17, 15) is 19.3 Å². The molecule has 0 bridgehead atoms. The number of nitrogens with one attached hydrogen (secondary N) is 1. The van der Waals surface area contributed by atoms with Crippen molar-refractivity contribution in [1.29, 1.82) is 0 Å². The van der Waals surface area contributed by atoms with Gasteiger partial charge >= 0.3 is 0 Å². The van der Waals surface area contributed by atoms with Gasteiger partial charge in [-0.15, -0.1) is 0 Å². The molecule has 4 rings (SSSR count). The summed E-state index contributed by atoms with van der Waals surface area (Å²) in [4.78, 5) is 23.6. The molecule has 0 atom stereocenters. The van der Waals surface area contributed by atoms with E-state index >= 15 is 0 Å². The van der Waals surface area contributed by atoms with Crippen LogP contribution in [0.25, 0.3) is 16.9 Å². The molecule has 0 fully saturated rings. The number of aryl methyl sites for hydroxylation is 2. The topological polar surface area (TPSA) is 90.1 Å². The average Bonchev–Trinajstić information content (AvgIpc) is 3.22. The Morgan fingerprint density at radius 2 is 1.66 bits per heavy atom. The highest BCUT2D eigenvalue weighted by Crippen LogP contribution is 2.24. The second-order valence-corrected chi connectivity index (χ2v) is 7.36. The number of halogens is 1. The van der Waals surface area contributed by atoms with Gasteiger partial charge in [-0.1, -0.05) is 6.07 Å². The quantitative estimate of drug-likeness (QED) is 0.336. The lowest BCUT2D eigenvalue weighted by Crippen LogP contribution is -2.17. The number of carbonyl (C=O) groups is 1. The van der Waals surface area contributed by atoms with Gasteiger partial charge in [0.15, 0.2) is 0 Å².